The van der Waals surface area contributed by atoms with E-state index in [0.717, 1.165) is 39.8 Å². The van der Waals surface area contributed by atoms with Crippen LogP contribution in [0.25, 0.3) is 10.2 Å². The van der Waals surface area contributed by atoms with E-state index in [1.807, 2.05) is 54.3 Å². The monoisotopic (exact) mass is 396 g/mol. The van der Waals surface area contributed by atoms with Crippen molar-refractivity contribution in [2.75, 3.05) is 37.7 Å². The Morgan fingerprint density at radius 3 is 2.64 bits per heavy atom. The lowest BCUT2D eigenvalue weighted by molar-refractivity contribution is 0.194. The van der Waals surface area contributed by atoms with E-state index >= 15 is 0 Å². The van der Waals surface area contributed by atoms with Gasteiger partial charge in [0.25, 0.3) is 0 Å². The predicted molar refractivity (Wildman–Crippen MR) is 113 cm³/mol. The van der Waals surface area contributed by atoms with Gasteiger partial charge in [-0.1, -0.05) is 47.7 Å². The number of fused-ring (bicyclic) bond motifs is 1. The van der Waals surface area contributed by atoms with Crippen LogP contribution in [0.15, 0.2) is 48.5 Å². The van der Waals surface area contributed by atoms with Gasteiger partial charge in [0, 0.05) is 32.7 Å². The summed E-state index contributed by atoms with van der Waals surface area (Å²) < 4.78 is 6.82. The Morgan fingerprint density at radius 1 is 1.11 bits per heavy atom. The number of hydrogen-bond donors (Lipinski definition) is 1. The zero-order valence-electron chi connectivity index (χ0n) is 15.9. The summed E-state index contributed by atoms with van der Waals surface area (Å²) in [4.78, 5) is 21.4. The van der Waals surface area contributed by atoms with Crippen molar-refractivity contribution < 1.29 is 9.53 Å². The number of para-hydroxylation sites is 1. The first-order valence-electron chi connectivity index (χ1n) is 9.58. The molecule has 0 saturated carbocycles. The van der Waals surface area contributed by atoms with Gasteiger partial charge in [-0.25, -0.2) is 9.78 Å². The lowest BCUT2D eigenvalue weighted by Gasteiger charge is -2.34. The summed E-state index contributed by atoms with van der Waals surface area (Å²) in [6.45, 7) is 6.10. The SMILES string of the molecule is CCOc1cccc2sc(N3CCN(C(=O)NCc4ccccc4)CC3)nc12. The quantitative estimate of drug-likeness (QED) is 0.714. The van der Waals surface area contributed by atoms with Crippen LogP contribution in [0.2, 0.25) is 0 Å². The summed E-state index contributed by atoms with van der Waals surface area (Å²) in [6, 6.07) is 16.0. The molecule has 0 radical (unpaired) electrons. The number of carbonyl (C=O) groups is 1. The fraction of sp³-hybridized carbons (Fsp3) is 0.333. The van der Waals surface area contributed by atoms with E-state index in [2.05, 4.69) is 16.3 Å². The normalized spacial score (nSPS) is 14.3. The highest BCUT2D eigenvalue weighted by Crippen LogP contribution is 2.34. The highest BCUT2D eigenvalue weighted by atomic mass is 32.1. The maximum atomic E-state index is 12.4. The molecule has 3 aromatic rings. The summed E-state index contributed by atoms with van der Waals surface area (Å²) in [5, 5.41) is 4.00. The van der Waals surface area contributed by atoms with Crippen molar-refractivity contribution in [2.45, 2.75) is 13.5 Å². The number of piperazine rings is 1. The molecule has 1 N–H and O–H groups in total. The number of aromatic nitrogens is 1. The molecule has 2 aromatic carbocycles. The molecular weight excluding hydrogens is 372 g/mol. The van der Waals surface area contributed by atoms with Gasteiger partial charge < -0.3 is 19.9 Å². The van der Waals surface area contributed by atoms with Crippen LogP contribution in [0, 0.1) is 0 Å². The minimum absolute atomic E-state index is 0.00793. The van der Waals surface area contributed by atoms with E-state index in [4.69, 9.17) is 9.72 Å². The standard InChI is InChI=1S/C21H24N4O2S/c1-2-27-17-9-6-10-18-19(17)23-21(28-18)25-13-11-24(12-14-25)20(26)22-15-16-7-4-3-5-8-16/h3-10H,2,11-15H2,1H3,(H,22,26). The highest BCUT2D eigenvalue weighted by molar-refractivity contribution is 7.22. The third kappa shape index (κ3) is 4.04. The van der Waals surface area contributed by atoms with Crippen LogP contribution in [0.4, 0.5) is 9.93 Å². The Balaban J connectivity index is 1.35. The molecule has 28 heavy (non-hydrogen) atoms. The van der Waals surface area contributed by atoms with Crippen LogP contribution in [-0.4, -0.2) is 48.7 Å². The fourth-order valence-corrected chi connectivity index (χ4v) is 4.34. The van der Waals surface area contributed by atoms with Crippen LogP contribution in [-0.2, 0) is 6.54 Å². The van der Waals surface area contributed by atoms with Crippen molar-refractivity contribution in [3.63, 3.8) is 0 Å². The first kappa shape index (κ1) is 18.6. The molecule has 0 atom stereocenters. The van der Waals surface area contributed by atoms with E-state index in [1.165, 1.54) is 0 Å². The van der Waals surface area contributed by atoms with Gasteiger partial charge in [0.15, 0.2) is 5.13 Å². The van der Waals surface area contributed by atoms with Crippen molar-refractivity contribution in [3.05, 3.63) is 54.1 Å². The Bertz CT molecular complexity index is 936. The van der Waals surface area contributed by atoms with Gasteiger partial charge in [0.05, 0.1) is 11.3 Å². The lowest BCUT2D eigenvalue weighted by Crippen LogP contribution is -2.51. The van der Waals surface area contributed by atoms with E-state index in [1.54, 1.807) is 11.3 Å². The van der Waals surface area contributed by atoms with Crippen molar-refractivity contribution in [1.82, 2.24) is 15.2 Å². The molecule has 0 aliphatic carbocycles. The Hall–Kier alpha value is -2.80. The molecule has 146 valence electrons. The third-order valence-electron chi connectivity index (χ3n) is 4.79. The van der Waals surface area contributed by atoms with Crippen molar-refractivity contribution in [2.24, 2.45) is 0 Å². The number of rotatable bonds is 5. The molecule has 1 fully saturated rings. The second-order valence-corrected chi connectivity index (χ2v) is 7.66. The summed E-state index contributed by atoms with van der Waals surface area (Å²) in [5.74, 6) is 0.835. The summed E-state index contributed by atoms with van der Waals surface area (Å²) >= 11 is 1.68. The van der Waals surface area contributed by atoms with E-state index < -0.39 is 0 Å². The van der Waals surface area contributed by atoms with Crippen LogP contribution in [0.3, 0.4) is 0 Å². The van der Waals surface area contributed by atoms with Gasteiger partial charge in [-0.2, -0.15) is 0 Å². The second-order valence-electron chi connectivity index (χ2n) is 6.65. The van der Waals surface area contributed by atoms with Gasteiger partial charge in [0.2, 0.25) is 0 Å². The minimum Gasteiger partial charge on any atom is -0.492 e. The number of thiazole rings is 1. The molecule has 6 nitrogen and oxygen atoms in total. The maximum absolute atomic E-state index is 12.4. The molecule has 1 aromatic heterocycles. The summed E-state index contributed by atoms with van der Waals surface area (Å²) in [6.07, 6.45) is 0. The number of anilines is 1. The average molecular weight is 397 g/mol. The average Bonchev–Trinajstić information content (AvgIpc) is 3.18. The zero-order valence-corrected chi connectivity index (χ0v) is 16.7. The van der Waals surface area contributed by atoms with Crippen LogP contribution in [0.5, 0.6) is 5.75 Å². The molecule has 0 bridgehead atoms. The smallest absolute Gasteiger partial charge is 0.317 e. The maximum Gasteiger partial charge on any atom is 0.317 e. The number of nitrogens with one attached hydrogen (secondary N) is 1. The molecule has 1 aliphatic heterocycles. The van der Waals surface area contributed by atoms with Crippen LogP contribution < -0.4 is 15.0 Å². The third-order valence-corrected chi connectivity index (χ3v) is 5.88. The molecule has 1 saturated heterocycles. The Labute approximate surface area is 168 Å². The van der Waals surface area contributed by atoms with Gasteiger partial charge in [-0.3, -0.25) is 0 Å². The Kier molecular flexibility index (Phi) is 5.62. The molecular formula is C21H24N4O2S. The molecule has 2 amide bonds. The van der Waals surface area contributed by atoms with E-state index in [0.29, 0.717) is 26.2 Å². The molecule has 1 aliphatic rings. The van der Waals surface area contributed by atoms with Crippen molar-refractivity contribution in [1.29, 1.82) is 0 Å². The molecule has 0 unspecified atom stereocenters. The van der Waals surface area contributed by atoms with Crippen LogP contribution in [0.1, 0.15) is 12.5 Å². The molecule has 4 rings (SSSR count). The Morgan fingerprint density at radius 2 is 1.89 bits per heavy atom. The lowest BCUT2D eigenvalue weighted by atomic mass is 10.2. The minimum atomic E-state index is -0.00793. The zero-order chi connectivity index (χ0) is 19.3. The largest absolute Gasteiger partial charge is 0.492 e. The summed E-state index contributed by atoms with van der Waals surface area (Å²) in [7, 11) is 0. The number of ether oxygens (including phenoxy) is 1. The molecule has 0 spiro atoms. The van der Waals surface area contributed by atoms with Crippen molar-refractivity contribution in [3.8, 4) is 5.75 Å². The topological polar surface area (TPSA) is 57.7 Å². The predicted octanol–water partition coefficient (Wildman–Crippen LogP) is 3.73. The second kappa shape index (κ2) is 8.48. The van der Waals surface area contributed by atoms with Gasteiger partial charge in [0.1, 0.15) is 11.3 Å². The fourth-order valence-electron chi connectivity index (χ4n) is 3.30. The van der Waals surface area contributed by atoms with Crippen molar-refractivity contribution >= 4 is 32.7 Å². The first-order chi connectivity index (χ1) is 13.7. The number of hydrogen-bond acceptors (Lipinski definition) is 5. The van der Waals surface area contributed by atoms with Gasteiger partial charge >= 0.3 is 6.03 Å². The highest BCUT2D eigenvalue weighted by Gasteiger charge is 2.23. The summed E-state index contributed by atoms with van der Waals surface area (Å²) in [5.41, 5.74) is 2.03. The number of carbonyl (C=O) groups excluding carboxylic acids is 1. The van der Waals surface area contributed by atoms with E-state index in [9.17, 15) is 4.79 Å². The van der Waals surface area contributed by atoms with E-state index in [-0.39, 0.29) is 6.03 Å². The molecule has 2 heterocycles. The number of amides is 2. The number of benzene rings is 2. The number of nitrogens with zero attached hydrogens (tertiary/aromatic N) is 3. The first-order valence-corrected chi connectivity index (χ1v) is 10.4. The van der Waals surface area contributed by atoms with Gasteiger partial charge in [-0.15, -0.1) is 0 Å². The van der Waals surface area contributed by atoms with Crippen LogP contribution >= 0.6 is 11.3 Å². The number of urea groups is 1. The molecule has 7 heteroatoms. The van der Waals surface area contributed by atoms with Gasteiger partial charge in [-0.05, 0) is 24.6 Å².